The molecule has 0 amide bonds. The average Bonchev–Trinajstić information content (AvgIpc) is 1.88. The molecule has 0 saturated heterocycles. The summed E-state index contributed by atoms with van der Waals surface area (Å²) in [7, 11) is 0. The third-order valence-electron chi connectivity index (χ3n) is 1.11. The first kappa shape index (κ1) is 7.47. The molecular formula is C6H5BrFNO. The van der Waals surface area contributed by atoms with Gasteiger partial charge >= 0.3 is 0 Å². The van der Waals surface area contributed by atoms with E-state index in [2.05, 4.69) is 21.2 Å². The van der Waals surface area contributed by atoms with Crippen molar-refractivity contribution in [3.8, 4) is 0 Å². The van der Waals surface area contributed by atoms with Gasteiger partial charge < -0.3 is 10.1 Å². The molecule has 1 rings (SSSR count). The van der Waals surface area contributed by atoms with Crippen molar-refractivity contribution in [1.29, 1.82) is 0 Å². The molecule has 2 nitrogen and oxygen atoms in total. The highest BCUT2D eigenvalue weighted by Gasteiger charge is 2.14. The number of halogens is 2. The first-order valence-electron chi connectivity index (χ1n) is 2.68. The van der Waals surface area contributed by atoms with Gasteiger partial charge in [0.2, 0.25) is 0 Å². The Hall–Kier alpha value is -0.640. The van der Waals surface area contributed by atoms with Crippen LogP contribution in [0.3, 0.4) is 0 Å². The Bertz CT molecular complexity index is 212. The Labute approximate surface area is 65.9 Å². The summed E-state index contributed by atoms with van der Waals surface area (Å²) < 4.78 is 13.2. The van der Waals surface area contributed by atoms with Crippen molar-refractivity contribution in [2.75, 3.05) is 0 Å². The number of dihydropyridines is 1. The molecule has 1 N–H and O–H groups in total. The minimum atomic E-state index is -0.804. The first-order chi connectivity index (χ1) is 4.74. The highest BCUT2D eigenvalue weighted by atomic mass is 79.9. The van der Waals surface area contributed by atoms with Crippen LogP contribution < -0.4 is 5.32 Å². The van der Waals surface area contributed by atoms with Gasteiger partial charge in [0.05, 0.1) is 0 Å². The molecule has 1 unspecified atom stereocenters. The average molecular weight is 206 g/mol. The van der Waals surface area contributed by atoms with Crippen molar-refractivity contribution in [2.24, 2.45) is 0 Å². The summed E-state index contributed by atoms with van der Waals surface area (Å²) in [6, 6.07) is -0.804. The second kappa shape index (κ2) is 2.96. The number of allylic oxidation sites excluding steroid dienone is 2. The van der Waals surface area contributed by atoms with Crippen LogP contribution in [-0.4, -0.2) is 12.3 Å². The van der Waals surface area contributed by atoms with Crippen LogP contribution >= 0.6 is 15.9 Å². The standard InChI is InChI=1S/C6H5BrFNO/c7-4-1-5(8)6(3-10)9-2-4/h1-3,6,9H. The van der Waals surface area contributed by atoms with Gasteiger partial charge in [-0.15, -0.1) is 0 Å². The normalized spacial score (nSPS) is 24.4. The molecule has 4 heteroatoms. The molecule has 0 fully saturated rings. The van der Waals surface area contributed by atoms with Crippen LogP contribution in [0.4, 0.5) is 4.39 Å². The van der Waals surface area contributed by atoms with Crippen LogP contribution in [0.2, 0.25) is 0 Å². The lowest BCUT2D eigenvalue weighted by Crippen LogP contribution is -2.28. The largest absolute Gasteiger partial charge is 0.375 e. The molecule has 1 heterocycles. The molecular weight excluding hydrogens is 201 g/mol. The Morgan fingerprint density at radius 3 is 3.00 bits per heavy atom. The Morgan fingerprint density at radius 2 is 2.50 bits per heavy atom. The third-order valence-corrected chi connectivity index (χ3v) is 1.57. The lowest BCUT2D eigenvalue weighted by Gasteiger charge is -2.12. The molecule has 0 bridgehead atoms. The zero-order chi connectivity index (χ0) is 7.56. The van der Waals surface area contributed by atoms with Crippen molar-refractivity contribution >= 4 is 22.2 Å². The van der Waals surface area contributed by atoms with Gasteiger partial charge in [-0.2, -0.15) is 0 Å². The minimum Gasteiger partial charge on any atom is -0.375 e. The quantitative estimate of drug-likeness (QED) is 0.654. The molecule has 0 spiro atoms. The van der Waals surface area contributed by atoms with E-state index in [1.165, 1.54) is 12.3 Å². The number of carbonyl (C=O) groups is 1. The van der Waals surface area contributed by atoms with Gasteiger partial charge in [0, 0.05) is 10.7 Å². The van der Waals surface area contributed by atoms with Crippen LogP contribution in [-0.2, 0) is 4.79 Å². The van der Waals surface area contributed by atoms with Gasteiger partial charge in [-0.3, -0.25) is 0 Å². The molecule has 0 radical (unpaired) electrons. The van der Waals surface area contributed by atoms with Crippen molar-refractivity contribution in [3.63, 3.8) is 0 Å². The summed E-state index contributed by atoms with van der Waals surface area (Å²) in [5.41, 5.74) is 0. The smallest absolute Gasteiger partial charge is 0.149 e. The summed E-state index contributed by atoms with van der Waals surface area (Å²) in [6.45, 7) is 0. The zero-order valence-corrected chi connectivity index (χ0v) is 6.56. The van der Waals surface area contributed by atoms with Gasteiger partial charge in [0.25, 0.3) is 0 Å². The van der Waals surface area contributed by atoms with Crippen LogP contribution in [0, 0.1) is 0 Å². The predicted molar refractivity (Wildman–Crippen MR) is 39.2 cm³/mol. The van der Waals surface area contributed by atoms with E-state index >= 15 is 0 Å². The summed E-state index contributed by atoms with van der Waals surface area (Å²) in [5.74, 6) is -0.468. The van der Waals surface area contributed by atoms with E-state index in [9.17, 15) is 9.18 Å². The van der Waals surface area contributed by atoms with E-state index < -0.39 is 11.9 Å². The number of hydrogen-bond acceptors (Lipinski definition) is 2. The molecule has 0 aromatic carbocycles. The van der Waals surface area contributed by atoms with Crippen LogP contribution in [0.5, 0.6) is 0 Å². The molecule has 1 atom stereocenters. The number of nitrogens with one attached hydrogen (secondary N) is 1. The van der Waals surface area contributed by atoms with Gasteiger partial charge in [-0.1, -0.05) is 0 Å². The van der Waals surface area contributed by atoms with E-state index in [-0.39, 0.29) is 0 Å². The highest BCUT2D eigenvalue weighted by Crippen LogP contribution is 2.16. The minimum absolute atomic E-state index is 0.468. The number of carbonyl (C=O) groups excluding carboxylic acids is 1. The maximum absolute atomic E-state index is 12.6. The van der Waals surface area contributed by atoms with Gasteiger partial charge in [-0.05, 0) is 22.0 Å². The van der Waals surface area contributed by atoms with E-state index in [4.69, 9.17) is 0 Å². The fraction of sp³-hybridized carbons (Fsp3) is 0.167. The molecule has 0 aliphatic carbocycles. The molecule has 0 aromatic rings. The fourth-order valence-electron chi connectivity index (χ4n) is 0.616. The van der Waals surface area contributed by atoms with Crippen molar-refractivity contribution < 1.29 is 9.18 Å². The predicted octanol–water partition coefficient (Wildman–Crippen LogP) is 1.25. The van der Waals surface area contributed by atoms with E-state index in [1.54, 1.807) is 0 Å². The topological polar surface area (TPSA) is 29.1 Å². The van der Waals surface area contributed by atoms with Gasteiger partial charge in [0.1, 0.15) is 18.2 Å². The summed E-state index contributed by atoms with van der Waals surface area (Å²) in [5, 5.41) is 2.55. The Balaban J connectivity index is 2.77. The van der Waals surface area contributed by atoms with E-state index in [0.29, 0.717) is 10.8 Å². The van der Waals surface area contributed by atoms with Crippen LogP contribution in [0.15, 0.2) is 22.6 Å². The summed E-state index contributed by atoms with van der Waals surface area (Å²) >= 11 is 3.05. The summed E-state index contributed by atoms with van der Waals surface area (Å²) in [4.78, 5) is 10.1. The second-order valence-electron chi connectivity index (χ2n) is 1.84. The molecule has 1 aliphatic heterocycles. The first-order valence-corrected chi connectivity index (χ1v) is 3.47. The molecule has 0 aromatic heterocycles. The zero-order valence-electron chi connectivity index (χ0n) is 4.97. The van der Waals surface area contributed by atoms with Crippen molar-refractivity contribution in [2.45, 2.75) is 6.04 Å². The number of hydrogen-bond donors (Lipinski definition) is 1. The summed E-state index contributed by atoms with van der Waals surface area (Å²) in [6.07, 6.45) is 3.31. The maximum Gasteiger partial charge on any atom is 0.149 e. The number of aldehydes is 1. The monoisotopic (exact) mass is 205 g/mol. The van der Waals surface area contributed by atoms with Crippen LogP contribution in [0.1, 0.15) is 0 Å². The lowest BCUT2D eigenvalue weighted by molar-refractivity contribution is -0.108. The Morgan fingerprint density at radius 1 is 1.80 bits per heavy atom. The molecule has 1 aliphatic rings. The lowest BCUT2D eigenvalue weighted by atomic mass is 10.2. The SMILES string of the molecule is O=CC1NC=C(Br)C=C1F. The molecule has 10 heavy (non-hydrogen) atoms. The maximum atomic E-state index is 12.6. The van der Waals surface area contributed by atoms with Crippen molar-refractivity contribution in [3.05, 3.63) is 22.6 Å². The second-order valence-corrected chi connectivity index (χ2v) is 2.75. The third kappa shape index (κ3) is 1.44. The fourth-order valence-corrected chi connectivity index (χ4v) is 0.967. The van der Waals surface area contributed by atoms with Crippen molar-refractivity contribution in [1.82, 2.24) is 5.32 Å². The molecule has 0 saturated carbocycles. The Kier molecular flexibility index (Phi) is 2.21. The number of rotatable bonds is 1. The van der Waals surface area contributed by atoms with Crippen LogP contribution in [0.25, 0.3) is 0 Å². The van der Waals surface area contributed by atoms with Gasteiger partial charge in [0.15, 0.2) is 0 Å². The highest BCUT2D eigenvalue weighted by molar-refractivity contribution is 9.11. The van der Waals surface area contributed by atoms with E-state index in [0.717, 1.165) is 0 Å². The van der Waals surface area contributed by atoms with Gasteiger partial charge in [-0.25, -0.2) is 4.39 Å². The van der Waals surface area contributed by atoms with E-state index in [1.807, 2.05) is 0 Å². The molecule has 54 valence electrons.